The van der Waals surface area contributed by atoms with E-state index in [4.69, 9.17) is 0 Å². The molecule has 0 aliphatic heterocycles. The maximum absolute atomic E-state index is 11.2. The summed E-state index contributed by atoms with van der Waals surface area (Å²) in [4.78, 5) is 19.5. The van der Waals surface area contributed by atoms with E-state index in [0.717, 1.165) is 12.2 Å². The Hall–Kier alpha value is -0.770. The summed E-state index contributed by atoms with van der Waals surface area (Å²) in [5.74, 6) is 1.19. The predicted molar refractivity (Wildman–Crippen MR) is 58.3 cm³/mol. The van der Waals surface area contributed by atoms with Crippen LogP contribution in [0.2, 0.25) is 0 Å². The summed E-state index contributed by atoms with van der Waals surface area (Å²) < 4.78 is 0.664. The Bertz CT molecular complexity index is 350. The van der Waals surface area contributed by atoms with Gasteiger partial charge in [0.25, 0.3) is 0 Å². The molecule has 1 aromatic heterocycles. The summed E-state index contributed by atoms with van der Waals surface area (Å²) in [5.41, 5.74) is 0.468. The number of rotatable bonds is 3. The molecule has 0 radical (unpaired) electrons. The lowest BCUT2D eigenvalue weighted by atomic mass is 10.1. The molecule has 0 fully saturated rings. The van der Waals surface area contributed by atoms with Crippen molar-refractivity contribution in [3.63, 3.8) is 0 Å². The van der Waals surface area contributed by atoms with E-state index in [1.54, 1.807) is 6.20 Å². The maximum atomic E-state index is 11.2. The molecule has 0 aliphatic rings. The Morgan fingerprint density at radius 2 is 2.21 bits per heavy atom. The molecular formula is C10H13BrN2O. The summed E-state index contributed by atoms with van der Waals surface area (Å²) in [7, 11) is 0. The summed E-state index contributed by atoms with van der Waals surface area (Å²) >= 11 is 3.25. The van der Waals surface area contributed by atoms with Gasteiger partial charge in [0, 0.05) is 19.5 Å². The van der Waals surface area contributed by atoms with Gasteiger partial charge < -0.3 is 0 Å². The van der Waals surface area contributed by atoms with Crippen LogP contribution in [-0.4, -0.2) is 15.8 Å². The molecule has 0 bridgehead atoms. The van der Waals surface area contributed by atoms with Gasteiger partial charge in [-0.2, -0.15) is 0 Å². The molecule has 0 amide bonds. The van der Waals surface area contributed by atoms with E-state index in [1.165, 1.54) is 6.92 Å². The first-order valence-electron chi connectivity index (χ1n) is 4.53. The van der Waals surface area contributed by atoms with Crippen LogP contribution in [0.3, 0.4) is 0 Å². The van der Waals surface area contributed by atoms with Crippen molar-refractivity contribution in [2.75, 3.05) is 0 Å². The number of aromatic nitrogens is 2. The second kappa shape index (κ2) is 4.64. The van der Waals surface area contributed by atoms with E-state index in [1.807, 2.05) is 0 Å². The van der Waals surface area contributed by atoms with Gasteiger partial charge in [-0.05, 0) is 21.8 Å². The number of carbonyl (C=O) groups is 1. The molecule has 1 heterocycles. The van der Waals surface area contributed by atoms with Gasteiger partial charge in [0.2, 0.25) is 0 Å². The fraction of sp³-hybridized carbons (Fsp3) is 0.500. The Kier molecular flexibility index (Phi) is 3.75. The van der Waals surface area contributed by atoms with Crippen molar-refractivity contribution < 1.29 is 4.79 Å². The van der Waals surface area contributed by atoms with Gasteiger partial charge >= 0.3 is 0 Å². The molecule has 14 heavy (non-hydrogen) atoms. The molecular weight excluding hydrogens is 244 g/mol. The molecule has 0 saturated heterocycles. The monoisotopic (exact) mass is 256 g/mol. The van der Waals surface area contributed by atoms with Gasteiger partial charge in [-0.15, -0.1) is 0 Å². The number of hydrogen-bond donors (Lipinski definition) is 0. The standard InChI is InChI=1S/C10H13BrN2O/c1-6(2)4-9-12-5-8(11)10(13-9)7(3)14/h5-6H,4H2,1-3H3. The number of ketones is 1. The van der Waals surface area contributed by atoms with Crippen LogP contribution in [0, 0.1) is 5.92 Å². The maximum Gasteiger partial charge on any atom is 0.179 e. The van der Waals surface area contributed by atoms with E-state index < -0.39 is 0 Å². The summed E-state index contributed by atoms with van der Waals surface area (Å²) in [6.45, 7) is 5.70. The highest BCUT2D eigenvalue weighted by atomic mass is 79.9. The van der Waals surface area contributed by atoms with Crippen LogP contribution in [0.5, 0.6) is 0 Å². The van der Waals surface area contributed by atoms with Gasteiger partial charge in [-0.25, -0.2) is 9.97 Å². The van der Waals surface area contributed by atoms with Crippen molar-refractivity contribution >= 4 is 21.7 Å². The van der Waals surface area contributed by atoms with E-state index in [9.17, 15) is 4.79 Å². The Morgan fingerprint density at radius 1 is 1.57 bits per heavy atom. The molecule has 4 heteroatoms. The van der Waals surface area contributed by atoms with E-state index >= 15 is 0 Å². The fourth-order valence-corrected chi connectivity index (χ4v) is 1.58. The van der Waals surface area contributed by atoms with Crippen LogP contribution in [0.4, 0.5) is 0 Å². The highest BCUT2D eigenvalue weighted by Crippen LogP contribution is 2.14. The van der Waals surface area contributed by atoms with Crippen molar-refractivity contribution in [1.29, 1.82) is 0 Å². The van der Waals surface area contributed by atoms with Gasteiger partial charge in [-0.3, -0.25) is 4.79 Å². The highest BCUT2D eigenvalue weighted by molar-refractivity contribution is 9.10. The van der Waals surface area contributed by atoms with Gasteiger partial charge in [-0.1, -0.05) is 13.8 Å². The van der Waals surface area contributed by atoms with Gasteiger partial charge in [0.1, 0.15) is 11.5 Å². The normalized spacial score (nSPS) is 10.6. The van der Waals surface area contributed by atoms with Crippen LogP contribution >= 0.6 is 15.9 Å². The fourth-order valence-electron chi connectivity index (χ4n) is 1.11. The molecule has 0 aromatic carbocycles. The SMILES string of the molecule is CC(=O)c1nc(CC(C)C)ncc1Br. The smallest absolute Gasteiger partial charge is 0.179 e. The van der Waals surface area contributed by atoms with Crippen molar-refractivity contribution in [1.82, 2.24) is 9.97 Å². The Morgan fingerprint density at radius 3 is 2.71 bits per heavy atom. The molecule has 0 aliphatic carbocycles. The van der Waals surface area contributed by atoms with E-state index in [2.05, 4.69) is 39.7 Å². The largest absolute Gasteiger partial charge is 0.293 e. The number of nitrogens with zero attached hydrogens (tertiary/aromatic N) is 2. The molecule has 76 valence electrons. The van der Waals surface area contributed by atoms with Crippen molar-refractivity contribution in [2.45, 2.75) is 27.2 Å². The first kappa shape index (κ1) is 11.3. The lowest BCUT2D eigenvalue weighted by molar-refractivity contribution is 0.101. The average Bonchev–Trinajstić information content (AvgIpc) is 2.07. The molecule has 1 rings (SSSR count). The number of halogens is 1. The third-order valence-corrected chi connectivity index (χ3v) is 2.30. The van der Waals surface area contributed by atoms with Crippen molar-refractivity contribution in [3.05, 3.63) is 22.2 Å². The third-order valence-electron chi connectivity index (χ3n) is 1.72. The summed E-state index contributed by atoms with van der Waals surface area (Å²) in [6, 6.07) is 0. The molecule has 3 nitrogen and oxygen atoms in total. The molecule has 0 N–H and O–H groups in total. The van der Waals surface area contributed by atoms with Gasteiger partial charge in [0.05, 0.1) is 4.47 Å². The van der Waals surface area contributed by atoms with Crippen LogP contribution in [0.1, 0.15) is 37.1 Å². The van der Waals surface area contributed by atoms with E-state index in [0.29, 0.717) is 16.1 Å². The zero-order valence-corrected chi connectivity index (χ0v) is 10.1. The number of hydrogen-bond acceptors (Lipinski definition) is 3. The highest BCUT2D eigenvalue weighted by Gasteiger charge is 2.09. The topological polar surface area (TPSA) is 42.9 Å². The quantitative estimate of drug-likeness (QED) is 0.782. The van der Waals surface area contributed by atoms with Crippen molar-refractivity contribution in [2.24, 2.45) is 5.92 Å². The second-order valence-electron chi connectivity index (χ2n) is 3.64. The lowest BCUT2D eigenvalue weighted by Crippen LogP contribution is -2.06. The molecule has 0 unspecified atom stereocenters. The minimum Gasteiger partial charge on any atom is -0.293 e. The van der Waals surface area contributed by atoms with Crippen LogP contribution in [0.15, 0.2) is 10.7 Å². The first-order valence-corrected chi connectivity index (χ1v) is 5.32. The zero-order chi connectivity index (χ0) is 10.7. The Balaban J connectivity index is 3.00. The second-order valence-corrected chi connectivity index (χ2v) is 4.49. The third kappa shape index (κ3) is 2.87. The van der Waals surface area contributed by atoms with Gasteiger partial charge in [0.15, 0.2) is 5.78 Å². The number of Topliss-reactive ketones (excluding diaryl/α,β-unsaturated/α-hetero) is 1. The molecule has 1 aromatic rings. The van der Waals surface area contributed by atoms with Crippen LogP contribution in [0.25, 0.3) is 0 Å². The minimum atomic E-state index is -0.0377. The predicted octanol–water partition coefficient (Wildman–Crippen LogP) is 2.64. The molecule has 0 atom stereocenters. The minimum absolute atomic E-state index is 0.0377. The molecule has 0 spiro atoms. The van der Waals surface area contributed by atoms with Crippen LogP contribution < -0.4 is 0 Å². The number of carbonyl (C=O) groups excluding carboxylic acids is 1. The van der Waals surface area contributed by atoms with Crippen LogP contribution in [-0.2, 0) is 6.42 Å². The summed E-state index contributed by atoms with van der Waals surface area (Å²) in [6.07, 6.45) is 2.44. The first-order chi connectivity index (χ1) is 6.50. The van der Waals surface area contributed by atoms with E-state index in [-0.39, 0.29) is 5.78 Å². The summed E-state index contributed by atoms with van der Waals surface area (Å²) in [5, 5.41) is 0. The molecule has 0 saturated carbocycles. The van der Waals surface area contributed by atoms with Crippen molar-refractivity contribution in [3.8, 4) is 0 Å². The average molecular weight is 257 g/mol. The Labute approximate surface area is 92.1 Å². The lowest BCUT2D eigenvalue weighted by Gasteiger charge is -2.05. The zero-order valence-electron chi connectivity index (χ0n) is 8.54.